The average Bonchev–Trinajstić information content (AvgIpc) is 2.33. The van der Waals surface area contributed by atoms with Crippen molar-refractivity contribution in [1.82, 2.24) is 0 Å². The topological polar surface area (TPSA) is 27.6 Å². The fourth-order valence-corrected chi connectivity index (χ4v) is 2.41. The molecule has 1 nitrogen and oxygen atoms in total. The second kappa shape index (κ2) is 2.78. The minimum atomic E-state index is 0.603. The van der Waals surface area contributed by atoms with Crippen LogP contribution in [0.5, 0.6) is 0 Å². The zero-order chi connectivity index (χ0) is 8.65. The third-order valence-corrected chi connectivity index (χ3v) is 3.32. The molecule has 3 N–H and O–H groups in total. The van der Waals surface area contributed by atoms with Crippen molar-refractivity contribution in [3.8, 4) is 0 Å². The van der Waals surface area contributed by atoms with Crippen molar-refractivity contribution in [2.75, 3.05) is 6.54 Å². The van der Waals surface area contributed by atoms with Crippen LogP contribution in [0.4, 0.5) is 0 Å². The van der Waals surface area contributed by atoms with Gasteiger partial charge in [-0.15, -0.1) is 0 Å². The molecule has 11 heavy (non-hydrogen) atoms. The smallest absolute Gasteiger partial charge is 0.0776 e. The van der Waals surface area contributed by atoms with Gasteiger partial charge < -0.3 is 5.73 Å². The lowest BCUT2D eigenvalue weighted by molar-refractivity contribution is -0.374. The van der Waals surface area contributed by atoms with Crippen LogP contribution in [0, 0.1) is 23.2 Å². The maximum atomic E-state index is 4.00. The van der Waals surface area contributed by atoms with Gasteiger partial charge in [-0.05, 0) is 23.7 Å². The molecule has 0 unspecified atom stereocenters. The number of hydrogen-bond donors (Lipinski definition) is 1. The van der Waals surface area contributed by atoms with E-state index in [0.717, 1.165) is 24.3 Å². The molecule has 0 heterocycles. The van der Waals surface area contributed by atoms with Crippen LogP contribution in [-0.2, 0) is 0 Å². The summed E-state index contributed by atoms with van der Waals surface area (Å²) >= 11 is 0. The van der Waals surface area contributed by atoms with Crippen molar-refractivity contribution in [3.05, 3.63) is 0 Å². The van der Waals surface area contributed by atoms with Gasteiger partial charge in [-0.1, -0.05) is 27.7 Å². The Balaban J connectivity index is 2.39. The van der Waals surface area contributed by atoms with Crippen LogP contribution in [0.15, 0.2) is 0 Å². The van der Waals surface area contributed by atoms with Crippen LogP contribution in [-0.4, -0.2) is 6.54 Å². The largest absolute Gasteiger partial charge is 0.357 e. The molecule has 0 radical (unpaired) electrons. The van der Waals surface area contributed by atoms with Gasteiger partial charge in [-0.3, -0.25) is 0 Å². The summed E-state index contributed by atoms with van der Waals surface area (Å²) in [5.41, 5.74) is 4.60. The summed E-state index contributed by atoms with van der Waals surface area (Å²) in [5.74, 6) is 2.72. The summed E-state index contributed by atoms with van der Waals surface area (Å²) in [4.78, 5) is 0. The highest BCUT2D eigenvalue weighted by atomic mass is 14.7. The van der Waals surface area contributed by atoms with E-state index in [1.807, 2.05) is 0 Å². The zero-order valence-corrected chi connectivity index (χ0v) is 8.35. The number of quaternary nitrogens is 1. The summed E-state index contributed by atoms with van der Waals surface area (Å²) < 4.78 is 0. The highest BCUT2D eigenvalue weighted by Gasteiger charge is 2.57. The van der Waals surface area contributed by atoms with E-state index in [1.165, 1.54) is 6.42 Å². The summed E-state index contributed by atoms with van der Waals surface area (Å²) in [6.07, 6.45) is 1.40. The molecular formula is C10H22N+. The molecule has 0 amide bonds. The molecule has 1 saturated carbocycles. The SMILES string of the molecule is CC(C)C[C@@H]1[C@H](C[NH3+])C1(C)C. The van der Waals surface area contributed by atoms with Crippen molar-refractivity contribution < 1.29 is 5.73 Å². The minimum Gasteiger partial charge on any atom is -0.357 e. The van der Waals surface area contributed by atoms with Gasteiger partial charge in [-0.2, -0.15) is 0 Å². The van der Waals surface area contributed by atoms with Gasteiger partial charge in [-0.25, -0.2) is 0 Å². The molecular weight excluding hydrogens is 134 g/mol. The minimum absolute atomic E-state index is 0.603. The van der Waals surface area contributed by atoms with Gasteiger partial charge in [0.2, 0.25) is 0 Å². The van der Waals surface area contributed by atoms with E-state index >= 15 is 0 Å². The standard InChI is InChI=1S/C10H21N/c1-7(2)5-8-9(6-11)10(8,3)4/h7-9H,5-6,11H2,1-4H3/p+1/t8-,9+/m1/s1. The Morgan fingerprint density at radius 1 is 1.27 bits per heavy atom. The first kappa shape index (κ1) is 9.05. The Hall–Kier alpha value is -0.0400. The Morgan fingerprint density at radius 3 is 2.09 bits per heavy atom. The number of rotatable bonds is 3. The summed E-state index contributed by atoms with van der Waals surface area (Å²) in [6.45, 7) is 10.5. The molecule has 1 aliphatic carbocycles. The van der Waals surface area contributed by atoms with Crippen molar-refractivity contribution in [1.29, 1.82) is 0 Å². The molecule has 0 aromatic heterocycles. The molecule has 1 heteroatoms. The summed E-state index contributed by atoms with van der Waals surface area (Å²) in [7, 11) is 0. The lowest BCUT2D eigenvalue weighted by atomic mass is 10.0. The van der Waals surface area contributed by atoms with E-state index < -0.39 is 0 Å². The molecule has 66 valence electrons. The molecule has 2 atom stereocenters. The lowest BCUT2D eigenvalue weighted by Crippen LogP contribution is -2.52. The molecule has 0 bridgehead atoms. The van der Waals surface area contributed by atoms with Crippen LogP contribution >= 0.6 is 0 Å². The van der Waals surface area contributed by atoms with Crippen LogP contribution < -0.4 is 5.73 Å². The number of hydrogen-bond acceptors (Lipinski definition) is 0. The van der Waals surface area contributed by atoms with Crippen LogP contribution in [0.3, 0.4) is 0 Å². The third-order valence-electron chi connectivity index (χ3n) is 3.32. The van der Waals surface area contributed by atoms with Crippen molar-refractivity contribution in [3.63, 3.8) is 0 Å². The first-order chi connectivity index (χ1) is 5.00. The van der Waals surface area contributed by atoms with Crippen molar-refractivity contribution in [2.45, 2.75) is 34.1 Å². The maximum Gasteiger partial charge on any atom is 0.0776 e. The van der Waals surface area contributed by atoms with Gasteiger partial charge in [0.1, 0.15) is 0 Å². The average molecular weight is 156 g/mol. The quantitative estimate of drug-likeness (QED) is 0.642. The normalized spacial score (nSPS) is 34.4. The van der Waals surface area contributed by atoms with Crippen LogP contribution in [0.25, 0.3) is 0 Å². The fourth-order valence-electron chi connectivity index (χ4n) is 2.41. The Morgan fingerprint density at radius 2 is 1.82 bits per heavy atom. The van der Waals surface area contributed by atoms with Gasteiger partial charge in [0.25, 0.3) is 0 Å². The van der Waals surface area contributed by atoms with Gasteiger partial charge in [0.15, 0.2) is 0 Å². The molecule has 0 aliphatic heterocycles. The second-order valence-corrected chi connectivity index (χ2v) is 4.95. The molecule has 0 aromatic rings. The zero-order valence-electron chi connectivity index (χ0n) is 8.35. The lowest BCUT2D eigenvalue weighted by Gasteiger charge is -2.04. The summed E-state index contributed by atoms with van der Waals surface area (Å²) in [6, 6.07) is 0. The Kier molecular flexibility index (Phi) is 2.29. The van der Waals surface area contributed by atoms with Crippen LogP contribution in [0.1, 0.15) is 34.1 Å². The molecule has 1 rings (SSSR count). The van der Waals surface area contributed by atoms with Crippen molar-refractivity contribution >= 4 is 0 Å². The Bertz CT molecular complexity index is 138. The molecule has 1 fully saturated rings. The molecule has 0 saturated heterocycles. The predicted octanol–water partition coefficient (Wildman–Crippen LogP) is 1.55. The van der Waals surface area contributed by atoms with E-state index in [-0.39, 0.29) is 0 Å². The maximum absolute atomic E-state index is 4.00. The third kappa shape index (κ3) is 1.58. The van der Waals surface area contributed by atoms with Gasteiger partial charge in [0, 0.05) is 5.92 Å². The predicted molar refractivity (Wildman–Crippen MR) is 48.0 cm³/mol. The second-order valence-electron chi connectivity index (χ2n) is 4.95. The highest BCUT2D eigenvalue weighted by Crippen LogP contribution is 2.59. The molecule has 0 aromatic carbocycles. The van der Waals surface area contributed by atoms with Gasteiger partial charge >= 0.3 is 0 Å². The fraction of sp³-hybridized carbons (Fsp3) is 1.00. The van der Waals surface area contributed by atoms with Crippen molar-refractivity contribution in [2.24, 2.45) is 23.2 Å². The molecule has 0 spiro atoms. The monoisotopic (exact) mass is 156 g/mol. The first-order valence-electron chi connectivity index (χ1n) is 4.79. The summed E-state index contributed by atoms with van der Waals surface area (Å²) in [5, 5.41) is 0. The van der Waals surface area contributed by atoms with E-state index in [4.69, 9.17) is 0 Å². The van der Waals surface area contributed by atoms with Crippen LogP contribution in [0.2, 0.25) is 0 Å². The Labute approximate surface area is 70.4 Å². The van der Waals surface area contributed by atoms with Gasteiger partial charge in [0.05, 0.1) is 6.54 Å². The van der Waals surface area contributed by atoms with E-state index in [2.05, 4.69) is 33.4 Å². The van der Waals surface area contributed by atoms with E-state index in [9.17, 15) is 0 Å². The first-order valence-corrected chi connectivity index (χ1v) is 4.79. The highest BCUT2D eigenvalue weighted by molar-refractivity contribution is 5.04. The molecule has 1 aliphatic rings. The van der Waals surface area contributed by atoms with E-state index in [0.29, 0.717) is 5.41 Å². The van der Waals surface area contributed by atoms with E-state index in [1.54, 1.807) is 0 Å².